The van der Waals surface area contributed by atoms with Crippen molar-refractivity contribution in [1.29, 1.82) is 0 Å². The minimum absolute atomic E-state index is 0.363. The summed E-state index contributed by atoms with van der Waals surface area (Å²) < 4.78 is 13.0. The maximum absolute atomic E-state index is 6.61. The average Bonchev–Trinajstić information content (AvgIpc) is 3.09. The Morgan fingerprint density at radius 3 is 2.87 bits per heavy atom. The molecular formula is C21H19ClN6O2. The van der Waals surface area contributed by atoms with Crippen molar-refractivity contribution in [1.82, 2.24) is 29.4 Å². The maximum atomic E-state index is 6.61. The van der Waals surface area contributed by atoms with E-state index >= 15 is 0 Å². The summed E-state index contributed by atoms with van der Waals surface area (Å²) in [4.78, 5) is 19.2. The SMILES string of the molecule is COc1ncc(CN2CCOc3c(Cl)cc(-n4ccc5cncnc54)cc3C2)cn1. The molecule has 0 atom stereocenters. The molecule has 4 aromatic rings. The number of rotatable bonds is 4. The van der Waals surface area contributed by atoms with Crippen LogP contribution in [0, 0.1) is 0 Å². The van der Waals surface area contributed by atoms with Gasteiger partial charge in [-0.25, -0.2) is 19.9 Å². The quantitative estimate of drug-likeness (QED) is 0.499. The molecule has 1 aliphatic rings. The smallest absolute Gasteiger partial charge is 0.316 e. The van der Waals surface area contributed by atoms with Gasteiger partial charge in [-0.05, 0) is 18.2 Å². The molecular weight excluding hydrogens is 404 g/mol. The number of halogens is 1. The molecule has 1 aromatic carbocycles. The summed E-state index contributed by atoms with van der Waals surface area (Å²) in [6, 6.07) is 6.37. The first-order valence-corrected chi connectivity index (χ1v) is 9.89. The van der Waals surface area contributed by atoms with Gasteiger partial charge in [-0.1, -0.05) is 11.6 Å². The van der Waals surface area contributed by atoms with Crippen molar-refractivity contribution >= 4 is 22.6 Å². The highest BCUT2D eigenvalue weighted by Gasteiger charge is 2.20. The first-order valence-electron chi connectivity index (χ1n) is 9.51. The molecule has 0 saturated heterocycles. The fraction of sp³-hybridized carbons (Fsp3) is 0.238. The van der Waals surface area contributed by atoms with Crippen molar-refractivity contribution in [3.63, 3.8) is 0 Å². The number of benzene rings is 1. The molecule has 0 fully saturated rings. The molecule has 0 amide bonds. The molecule has 0 unspecified atom stereocenters. The van der Waals surface area contributed by atoms with Crippen molar-refractivity contribution in [3.05, 3.63) is 65.5 Å². The van der Waals surface area contributed by atoms with E-state index in [1.165, 1.54) is 0 Å². The van der Waals surface area contributed by atoms with Crippen molar-refractivity contribution in [2.24, 2.45) is 0 Å². The Kier molecular flexibility index (Phi) is 4.94. The standard InChI is InChI=1S/C21H19ClN6O2/c1-29-21-24-8-14(9-25-21)11-27-4-5-30-19-16(12-27)6-17(7-18(19)22)28-3-2-15-10-23-13-26-20(15)28/h2-3,6-10,13H,4-5,11-12H2,1H3. The van der Waals surface area contributed by atoms with Crippen molar-refractivity contribution in [2.45, 2.75) is 13.1 Å². The molecule has 0 aliphatic carbocycles. The van der Waals surface area contributed by atoms with Crippen LogP contribution in [0.5, 0.6) is 11.8 Å². The minimum Gasteiger partial charge on any atom is -0.490 e. The molecule has 0 spiro atoms. The van der Waals surface area contributed by atoms with Gasteiger partial charge in [-0.3, -0.25) is 4.90 Å². The van der Waals surface area contributed by atoms with E-state index in [2.05, 4.69) is 30.9 Å². The van der Waals surface area contributed by atoms with E-state index in [0.717, 1.165) is 40.1 Å². The summed E-state index contributed by atoms with van der Waals surface area (Å²) in [5.74, 6) is 0.736. The van der Waals surface area contributed by atoms with Gasteiger partial charge < -0.3 is 14.0 Å². The second-order valence-corrected chi connectivity index (χ2v) is 7.45. The molecule has 4 heterocycles. The maximum Gasteiger partial charge on any atom is 0.316 e. The zero-order valence-corrected chi connectivity index (χ0v) is 17.1. The first-order chi connectivity index (χ1) is 14.7. The lowest BCUT2D eigenvalue weighted by Crippen LogP contribution is -2.25. The summed E-state index contributed by atoms with van der Waals surface area (Å²) in [6.07, 6.45) is 8.89. The van der Waals surface area contributed by atoms with E-state index in [4.69, 9.17) is 21.1 Å². The lowest BCUT2D eigenvalue weighted by molar-refractivity contribution is 0.219. The second-order valence-electron chi connectivity index (χ2n) is 7.04. The van der Waals surface area contributed by atoms with Gasteiger partial charge in [0, 0.05) is 66.6 Å². The lowest BCUT2D eigenvalue weighted by Gasteiger charge is -2.19. The third-order valence-corrected chi connectivity index (χ3v) is 5.33. The summed E-state index contributed by atoms with van der Waals surface area (Å²) in [5, 5.41) is 1.56. The fourth-order valence-electron chi connectivity index (χ4n) is 3.66. The van der Waals surface area contributed by atoms with Crippen LogP contribution in [-0.2, 0) is 13.1 Å². The molecule has 30 heavy (non-hydrogen) atoms. The Labute approximate surface area is 178 Å². The molecule has 5 rings (SSSR count). The molecule has 1 aliphatic heterocycles. The summed E-state index contributed by atoms with van der Waals surface area (Å²) in [5.41, 5.74) is 3.81. The summed E-state index contributed by atoms with van der Waals surface area (Å²) in [7, 11) is 1.55. The van der Waals surface area contributed by atoms with Gasteiger partial charge in [0.1, 0.15) is 24.3 Å². The van der Waals surface area contributed by atoms with Gasteiger partial charge in [-0.2, -0.15) is 0 Å². The average molecular weight is 423 g/mol. The van der Waals surface area contributed by atoms with E-state index in [-0.39, 0.29) is 0 Å². The number of nitrogens with zero attached hydrogens (tertiary/aromatic N) is 6. The van der Waals surface area contributed by atoms with Crippen LogP contribution in [0.3, 0.4) is 0 Å². The Hall–Kier alpha value is -3.23. The highest BCUT2D eigenvalue weighted by atomic mass is 35.5. The van der Waals surface area contributed by atoms with Crippen LogP contribution >= 0.6 is 11.6 Å². The summed E-state index contributed by atoms with van der Waals surface area (Å²) >= 11 is 6.61. The van der Waals surface area contributed by atoms with Gasteiger partial charge in [0.25, 0.3) is 0 Å². The van der Waals surface area contributed by atoms with Crippen LogP contribution in [0.2, 0.25) is 5.02 Å². The van der Waals surface area contributed by atoms with Gasteiger partial charge in [0.15, 0.2) is 0 Å². The zero-order valence-electron chi connectivity index (χ0n) is 16.3. The van der Waals surface area contributed by atoms with Crippen LogP contribution in [0.1, 0.15) is 11.1 Å². The predicted molar refractivity (Wildman–Crippen MR) is 112 cm³/mol. The van der Waals surface area contributed by atoms with Crippen molar-refractivity contribution in [3.8, 4) is 17.4 Å². The monoisotopic (exact) mass is 422 g/mol. The lowest BCUT2D eigenvalue weighted by atomic mass is 10.1. The zero-order chi connectivity index (χ0) is 20.5. The summed E-state index contributed by atoms with van der Waals surface area (Å²) in [6.45, 7) is 2.73. The Morgan fingerprint density at radius 2 is 2.03 bits per heavy atom. The van der Waals surface area contributed by atoms with Crippen LogP contribution in [0.4, 0.5) is 0 Å². The number of hydrogen-bond donors (Lipinski definition) is 0. The van der Waals surface area contributed by atoms with E-state index < -0.39 is 0 Å². The highest BCUT2D eigenvalue weighted by molar-refractivity contribution is 6.32. The normalized spacial score (nSPS) is 14.2. The Bertz CT molecular complexity index is 1190. The number of methoxy groups -OCH3 is 1. The van der Waals surface area contributed by atoms with Crippen LogP contribution < -0.4 is 9.47 Å². The number of ether oxygens (including phenoxy) is 2. The first kappa shape index (κ1) is 18.8. The van der Waals surface area contributed by atoms with Crippen molar-refractivity contribution in [2.75, 3.05) is 20.3 Å². The van der Waals surface area contributed by atoms with E-state index in [9.17, 15) is 0 Å². The molecule has 3 aromatic heterocycles. The fourth-order valence-corrected chi connectivity index (χ4v) is 3.95. The van der Waals surface area contributed by atoms with Crippen LogP contribution in [0.25, 0.3) is 16.7 Å². The number of fused-ring (bicyclic) bond motifs is 2. The largest absolute Gasteiger partial charge is 0.490 e. The molecule has 0 N–H and O–H groups in total. The highest BCUT2D eigenvalue weighted by Crippen LogP contribution is 2.35. The number of hydrogen-bond acceptors (Lipinski definition) is 7. The van der Waals surface area contributed by atoms with Gasteiger partial charge in [0.05, 0.1) is 12.1 Å². The molecule has 9 heteroatoms. The van der Waals surface area contributed by atoms with E-state index in [1.807, 2.05) is 22.9 Å². The van der Waals surface area contributed by atoms with E-state index in [0.29, 0.717) is 30.7 Å². The topological polar surface area (TPSA) is 78.2 Å². The molecule has 8 nitrogen and oxygen atoms in total. The second kappa shape index (κ2) is 7.89. The number of aromatic nitrogens is 5. The van der Waals surface area contributed by atoms with Crippen LogP contribution in [0.15, 0.2) is 49.3 Å². The third kappa shape index (κ3) is 3.55. The van der Waals surface area contributed by atoms with Gasteiger partial charge in [0.2, 0.25) is 0 Å². The molecule has 0 bridgehead atoms. The van der Waals surface area contributed by atoms with Gasteiger partial charge in [-0.15, -0.1) is 0 Å². The van der Waals surface area contributed by atoms with Gasteiger partial charge >= 0.3 is 6.01 Å². The molecule has 0 radical (unpaired) electrons. The molecule has 152 valence electrons. The van der Waals surface area contributed by atoms with Crippen LogP contribution in [-0.4, -0.2) is 49.7 Å². The Morgan fingerprint density at radius 1 is 1.17 bits per heavy atom. The Balaban J connectivity index is 1.46. The third-order valence-electron chi connectivity index (χ3n) is 5.05. The molecule has 0 saturated carbocycles. The van der Waals surface area contributed by atoms with Crippen molar-refractivity contribution < 1.29 is 9.47 Å². The van der Waals surface area contributed by atoms with E-state index in [1.54, 1.807) is 32.0 Å². The minimum atomic E-state index is 0.363. The predicted octanol–water partition coefficient (Wildman–Crippen LogP) is 3.27.